The fraction of sp³-hybridized carbons (Fsp3) is 0.500. The number of halogens is 3. The Bertz CT molecular complexity index is 466. The molecular formula is C14H19ClF2N2O. The summed E-state index contributed by atoms with van der Waals surface area (Å²) in [7, 11) is 0. The summed E-state index contributed by atoms with van der Waals surface area (Å²) in [5.41, 5.74) is 0.289. The number of benzene rings is 1. The SMILES string of the molecule is CC(NC(=O)CNCC1CC1)c1ccc(F)cc1F.Cl. The van der Waals surface area contributed by atoms with Gasteiger partial charge in [0, 0.05) is 11.6 Å². The lowest BCUT2D eigenvalue weighted by Gasteiger charge is -2.15. The van der Waals surface area contributed by atoms with E-state index in [1.54, 1.807) is 6.92 Å². The van der Waals surface area contributed by atoms with Crippen LogP contribution in [0, 0.1) is 17.6 Å². The lowest BCUT2D eigenvalue weighted by atomic mass is 10.1. The molecule has 6 heteroatoms. The van der Waals surface area contributed by atoms with Crippen molar-refractivity contribution in [2.75, 3.05) is 13.1 Å². The van der Waals surface area contributed by atoms with Crippen LogP contribution in [0.2, 0.25) is 0 Å². The number of hydrogen-bond acceptors (Lipinski definition) is 2. The number of hydrogen-bond donors (Lipinski definition) is 2. The minimum atomic E-state index is -0.640. The summed E-state index contributed by atoms with van der Waals surface area (Å²) in [5.74, 6) is -0.735. The summed E-state index contributed by atoms with van der Waals surface area (Å²) in [6.45, 7) is 2.76. The van der Waals surface area contributed by atoms with Crippen LogP contribution >= 0.6 is 12.4 Å². The van der Waals surface area contributed by atoms with Crippen LogP contribution in [0.5, 0.6) is 0 Å². The minimum Gasteiger partial charge on any atom is -0.348 e. The second-order valence-corrected chi connectivity index (χ2v) is 5.03. The Morgan fingerprint density at radius 2 is 2.10 bits per heavy atom. The van der Waals surface area contributed by atoms with Gasteiger partial charge in [-0.05, 0) is 38.3 Å². The Labute approximate surface area is 123 Å². The van der Waals surface area contributed by atoms with E-state index in [2.05, 4.69) is 10.6 Å². The van der Waals surface area contributed by atoms with Gasteiger partial charge in [0.05, 0.1) is 12.6 Å². The first kappa shape index (κ1) is 16.9. The number of amides is 1. The van der Waals surface area contributed by atoms with E-state index >= 15 is 0 Å². The van der Waals surface area contributed by atoms with Crippen molar-refractivity contribution >= 4 is 18.3 Å². The van der Waals surface area contributed by atoms with Gasteiger partial charge in [-0.1, -0.05) is 6.07 Å². The number of rotatable bonds is 6. The molecule has 0 heterocycles. The molecule has 1 atom stereocenters. The van der Waals surface area contributed by atoms with Crippen molar-refractivity contribution in [1.29, 1.82) is 0 Å². The van der Waals surface area contributed by atoms with Crippen LogP contribution in [0.25, 0.3) is 0 Å². The van der Waals surface area contributed by atoms with Gasteiger partial charge in [-0.3, -0.25) is 4.79 Å². The molecule has 0 radical (unpaired) electrons. The van der Waals surface area contributed by atoms with Crippen molar-refractivity contribution in [3.63, 3.8) is 0 Å². The Morgan fingerprint density at radius 3 is 2.70 bits per heavy atom. The molecule has 0 spiro atoms. The molecule has 0 aromatic heterocycles. The molecule has 112 valence electrons. The standard InChI is InChI=1S/C14H18F2N2O.ClH/c1-9(12-5-4-11(15)6-13(12)16)18-14(19)8-17-7-10-2-3-10;/h4-6,9-10,17H,2-3,7-8H2,1H3,(H,18,19);1H. The molecule has 0 aliphatic heterocycles. The summed E-state index contributed by atoms with van der Waals surface area (Å²) in [6.07, 6.45) is 2.46. The molecule has 1 fully saturated rings. The van der Waals surface area contributed by atoms with E-state index in [0.29, 0.717) is 5.92 Å². The summed E-state index contributed by atoms with van der Waals surface area (Å²) in [5, 5.41) is 5.75. The zero-order valence-electron chi connectivity index (χ0n) is 11.3. The van der Waals surface area contributed by atoms with Crippen LogP contribution in [0.3, 0.4) is 0 Å². The van der Waals surface area contributed by atoms with Crippen molar-refractivity contribution in [2.24, 2.45) is 5.92 Å². The lowest BCUT2D eigenvalue weighted by Crippen LogP contribution is -2.36. The quantitative estimate of drug-likeness (QED) is 0.848. The van der Waals surface area contributed by atoms with Crippen molar-refractivity contribution in [2.45, 2.75) is 25.8 Å². The second-order valence-electron chi connectivity index (χ2n) is 5.03. The number of carbonyl (C=O) groups is 1. The van der Waals surface area contributed by atoms with Crippen molar-refractivity contribution in [3.8, 4) is 0 Å². The molecule has 1 aromatic rings. The van der Waals surface area contributed by atoms with Crippen molar-refractivity contribution in [3.05, 3.63) is 35.4 Å². The molecule has 20 heavy (non-hydrogen) atoms. The maximum Gasteiger partial charge on any atom is 0.234 e. The topological polar surface area (TPSA) is 41.1 Å². The molecular weight excluding hydrogens is 286 g/mol. The highest BCUT2D eigenvalue weighted by Gasteiger charge is 2.21. The predicted molar refractivity (Wildman–Crippen MR) is 75.8 cm³/mol. The van der Waals surface area contributed by atoms with E-state index in [4.69, 9.17) is 0 Å². The molecule has 2 N–H and O–H groups in total. The third-order valence-corrected chi connectivity index (χ3v) is 3.22. The Kier molecular flexibility index (Phi) is 6.36. The molecule has 1 aliphatic rings. The normalized spacial score (nSPS) is 15.3. The average molecular weight is 305 g/mol. The highest BCUT2D eigenvalue weighted by atomic mass is 35.5. The van der Waals surface area contributed by atoms with Gasteiger partial charge in [0.15, 0.2) is 0 Å². The molecule has 1 amide bonds. The van der Waals surface area contributed by atoms with Crippen LogP contribution in [-0.4, -0.2) is 19.0 Å². The third kappa shape index (κ3) is 5.06. The van der Waals surface area contributed by atoms with Crippen molar-refractivity contribution in [1.82, 2.24) is 10.6 Å². The van der Waals surface area contributed by atoms with Crippen LogP contribution in [0.4, 0.5) is 8.78 Å². The second kappa shape index (κ2) is 7.55. The zero-order valence-corrected chi connectivity index (χ0v) is 12.1. The maximum atomic E-state index is 13.5. The first-order valence-electron chi connectivity index (χ1n) is 6.51. The zero-order chi connectivity index (χ0) is 13.8. The van der Waals surface area contributed by atoms with E-state index in [1.165, 1.54) is 25.0 Å². The largest absolute Gasteiger partial charge is 0.348 e. The predicted octanol–water partition coefficient (Wildman–Crippen LogP) is 2.56. The smallest absolute Gasteiger partial charge is 0.234 e. The van der Waals surface area contributed by atoms with E-state index < -0.39 is 17.7 Å². The average Bonchev–Trinajstić information content (AvgIpc) is 3.12. The van der Waals surface area contributed by atoms with Crippen LogP contribution in [0.15, 0.2) is 18.2 Å². The Hall–Kier alpha value is -1.20. The lowest BCUT2D eigenvalue weighted by molar-refractivity contribution is -0.120. The summed E-state index contributed by atoms with van der Waals surface area (Å²) >= 11 is 0. The summed E-state index contributed by atoms with van der Waals surface area (Å²) in [4.78, 5) is 11.6. The van der Waals surface area contributed by atoms with Gasteiger partial charge in [-0.2, -0.15) is 0 Å². The van der Waals surface area contributed by atoms with E-state index in [0.717, 1.165) is 12.6 Å². The number of nitrogens with one attached hydrogen (secondary N) is 2. The first-order valence-corrected chi connectivity index (χ1v) is 6.51. The highest BCUT2D eigenvalue weighted by molar-refractivity contribution is 5.85. The fourth-order valence-corrected chi connectivity index (χ4v) is 1.93. The molecule has 1 unspecified atom stereocenters. The minimum absolute atomic E-state index is 0. The van der Waals surface area contributed by atoms with Gasteiger partial charge in [-0.15, -0.1) is 12.4 Å². The van der Waals surface area contributed by atoms with Crippen LogP contribution in [0.1, 0.15) is 31.4 Å². The van der Waals surface area contributed by atoms with E-state index in [1.807, 2.05) is 0 Å². The number of carbonyl (C=O) groups excluding carboxylic acids is 1. The first-order chi connectivity index (χ1) is 9.06. The molecule has 0 bridgehead atoms. The molecule has 1 saturated carbocycles. The molecule has 0 saturated heterocycles. The molecule has 1 aromatic carbocycles. The van der Waals surface area contributed by atoms with Gasteiger partial charge >= 0.3 is 0 Å². The van der Waals surface area contributed by atoms with Gasteiger partial charge in [-0.25, -0.2) is 8.78 Å². The summed E-state index contributed by atoms with van der Waals surface area (Å²) < 4.78 is 26.3. The van der Waals surface area contributed by atoms with Crippen LogP contribution < -0.4 is 10.6 Å². The van der Waals surface area contributed by atoms with Crippen molar-refractivity contribution < 1.29 is 13.6 Å². The molecule has 3 nitrogen and oxygen atoms in total. The molecule has 2 rings (SSSR count). The Morgan fingerprint density at radius 1 is 1.40 bits per heavy atom. The maximum absolute atomic E-state index is 13.5. The van der Waals surface area contributed by atoms with Gasteiger partial charge in [0.2, 0.25) is 5.91 Å². The molecule has 1 aliphatic carbocycles. The van der Waals surface area contributed by atoms with E-state index in [9.17, 15) is 13.6 Å². The monoisotopic (exact) mass is 304 g/mol. The fourth-order valence-electron chi connectivity index (χ4n) is 1.93. The van der Waals surface area contributed by atoms with Crippen LogP contribution in [-0.2, 0) is 4.79 Å². The van der Waals surface area contributed by atoms with Gasteiger partial charge < -0.3 is 10.6 Å². The van der Waals surface area contributed by atoms with E-state index in [-0.39, 0.29) is 30.4 Å². The highest BCUT2D eigenvalue weighted by Crippen LogP contribution is 2.27. The third-order valence-electron chi connectivity index (χ3n) is 3.22. The van der Waals surface area contributed by atoms with Gasteiger partial charge in [0.25, 0.3) is 0 Å². The summed E-state index contributed by atoms with van der Waals surface area (Å²) in [6, 6.07) is 2.89. The van der Waals surface area contributed by atoms with Gasteiger partial charge in [0.1, 0.15) is 11.6 Å². The Balaban J connectivity index is 0.00000200.